The number of phenolic OH excluding ortho intramolecular Hbond substituents is 1. The van der Waals surface area contributed by atoms with Crippen LogP contribution in [-0.2, 0) is 21.4 Å². The van der Waals surface area contributed by atoms with Gasteiger partial charge < -0.3 is 24.8 Å². The molecule has 1 aromatic carbocycles. The highest BCUT2D eigenvalue weighted by molar-refractivity contribution is 5.75. The lowest BCUT2D eigenvalue weighted by molar-refractivity contribution is -0.154. The summed E-state index contributed by atoms with van der Waals surface area (Å²) < 4.78 is 11.7. The zero-order valence-electron chi connectivity index (χ0n) is 15.1. The number of rotatable bonds is 2. The quantitative estimate of drug-likeness (QED) is 0.686. The number of carbonyl (C=O) groups excluding carboxylic acids is 1. The minimum absolute atomic E-state index is 0.0521. The molecule has 27 heavy (non-hydrogen) atoms. The monoisotopic (exact) mass is 370 g/mol. The maximum absolute atomic E-state index is 12.0. The largest absolute Gasteiger partial charge is 0.504 e. The molecule has 6 nitrogen and oxygen atoms in total. The van der Waals surface area contributed by atoms with Gasteiger partial charge in [0.1, 0.15) is 11.9 Å². The van der Waals surface area contributed by atoms with Gasteiger partial charge in [-0.25, -0.2) is 4.79 Å². The van der Waals surface area contributed by atoms with Crippen molar-refractivity contribution >= 4 is 5.97 Å². The van der Waals surface area contributed by atoms with Crippen molar-refractivity contribution in [2.24, 2.45) is 11.3 Å². The first-order valence-electron chi connectivity index (χ1n) is 9.67. The number of carbonyl (C=O) groups is 1. The van der Waals surface area contributed by atoms with Crippen LogP contribution in [0.25, 0.3) is 0 Å². The Morgan fingerprint density at radius 1 is 1.41 bits per heavy atom. The Morgan fingerprint density at radius 3 is 2.93 bits per heavy atom. The summed E-state index contributed by atoms with van der Waals surface area (Å²) in [6, 6.07) is 3.60. The lowest BCUT2D eigenvalue weighted by atomic mass is 9.56. The molecule has 0 amide bonds. The number of aromatic hydroxyl groups is 1. The van der Waals surface area contributed by atoms with E-state index in [1.54, 1.807) is 12.1 Å². The van der Waals surface area contributed by atoms with Gasteiger partial charge in [-0.05, 0) is 68.1 Å². The molecule has 6 heteroatoms. The summed E-state index contributed by atoms with van der Waals surface area (Å²) in [5.41, 5.74) is 0.397. The molecule has 1 aliphatic heterocycles. The molecule has 142 valence electrons. The van der Waals surface area contributed by atoms with E-state index in [9.17, 15) is 20.1 Å². The lowest BCUT2D eigenvalue weighted by Crippen LogP contribution is -2.60. The highest BCUT2D eigenvalue weighted by Crippen LogP contribution is 2.78. The summed E-state index contributed by atoms with van der Waals surface area (Å²) in [7, 11) is 0. The second-order valence-corrected chi connectivity index (χ2v) is 9.06. The number of esters is 1. The number of hydrogen-bond acceptors (Lipinski definition) is 6. The molecule has 3 N–H and O–H groups in total. The average molecular weight is 370 g/mol. The van der Waals surface area contributed by atoms with Gasteiger partial charge in [-0.15, -0.1) is 0 Å². The smallest absolute Gasteiger partial charge is 0.339 e. The second kappa shape index (κ2) is 4.50. The fourth-order valence-electron chi connectivity index (χ4n) is 6.95. The summed E-state index contributed by atoms with van der Waals surface area (Å²) in [5.74, 6) is 0.246. The molecule has 2 fully saturated rings. The third-order valence-electron chi connectivity index (χ3n) is 7.98. The second-order valence-electron chi connectivity index (χ2n) is 9.06. The molecular weight excluding hydrogens is 348 g/mol. The Hall–Kier alpha value is -2.05. The van der Waals surface area contributed by atoms with Crippen LogP contribution in [0.15, 0.2) is 24.0 Å². The van der Waals surface area contributed by atoms with Gasteiger partial charge in [0.15, 0.2) is 17.6 Å². The van der Waals surface area contributed by atoms with Crippen molar-refractivity contribution < 1.29 is 29.6 Å². The van der Waals surface area contributed by atoms with Crippen LogP contribution in [0.4, 0.5) is 0 Å². The van der Waals surface area contributed by atoms with Crippen molar-refractivity contribution in [1.29, 1.82) is 0 Å². The van der Waals surface area contributed by atoms with Crippen molar-refractivity contribution in [2.45, 2.75) is 62.3 Å². The molecule has 1 heterocycles. The molecule has 1 unspecified atom stereocenters. The number of fused-ring (bicyclic) bond motifs is 1. The molecule has 4 aliphatic carbocycles. The fraction of sp³-hybridized carbons (Fsp3) is 0.571. The normalized spacial score (nSPS) is 43.0. The van der Waals surface area contributed by atoms with E-state index >= 15 is 0 Å². The van der Waals surface area contributed by atoms with Gasteiger partial charge in [0.2, 0.25) is 0 Å². The number of ether oxygens (including phenoxy) is 2. The molecule has 5 aliphatic rings. The maximum Gasteiger partial charge on any atom is 0.339 e. The Balaban J connectivity index is 1.58. The van der Waals surface area contributed by atoms with Gasteiger partial charge >= 0.3 is 5.97 Å². The lowest BCUT2D eigenvalue weighted by Gasteiger charge is -2.50. The molecule has 6 rings (SSSR count). The topological polar surface area (TPSA) is 96.2 Å². The Morgan fingerprint density at radius 2 is 2.22 bits per heavy atom. The van der Waals surface area contributed by atoms with Gasteiger partial charge in [0.25, 0.3) is 0 Å². The summed E-state index contributed by atoms with van der Waals surface area (Å²) >= 11 is 0. The van der Waals surface area contributed by atoms with Crippen LogP contribution in [0.2, 0.25) is 0 Å². The van der Waals surface area contributed by atoms with Gasteiger partial charge in [-0.3, -0.25) is 0 Å². The maximum atomic E-state index is 12.0. The third-order valence-corrected chi connectivity index (χ3v) is 7.98. The number of aliphatic hydroxyl groups excluding tert-OH is 1. The van der Waals surface area contributed by atoms with Gasteiger partial charge in [0, 0.05) is 5.56 Å². The SMILES string of the molecule is C[C@H](O)C(=O)OC1=CC[C@@]2(O)[C@@H]3CCC34Cc3ccc(O)c5c3[C@@]2(C4)[C@H]1O5. The zero-order chi connectivity index (χ0) is 18.8. The Kier molecular flexibility index (Phi) is 2.66. The number of phenols is 1. The van der Waals surface area contributed by atoms with Crippen LogP contribution in [0.5, 0.6) is 11.5 Å². The number of hydrogen-bond donors (Lipinski definition) is 3. The summed E-state index contributed by atoms with van der Waals surface area (Å²) in [5, 5.41) is 32.0. The highest BCUT2D eigenvalue weighted by atomic mass is 16.6. The van der Waals surface area contributed by atoms with E-state index in [1.807, 2.05) is 6.07 Å². The van der Waals surface area contributed by atoms with E-state index in [0.29, 0.717) is 17.9 Å². The average Bonchev–Trinajstić information content (AvgIpc) is 3.02. The van der Waals surface area contributed by atoms with Crippen molar-refractivity contribution in [3.63, 3.8) is 0 Å². The number of aliphatic hydroxyl groups is 2. The van der Waals surface area contributed by atoms with E-state index in [2.05, 4.69) is 0 Å². The van der Waals surface area contributed by atoms with E-state index in [4.69, 9.17) is 9.47 Å². The van der Waals surface area contributed by atoms with Crippen LogP contribution >= 0.6 is 0 Å². The summed E-state index contributed by atoms with van der Waals surface area (Å²) in [4.78, 5) is 12.0. The van der Waals surface area contributed by atoms with Crippen molar-refractivity contribution in [3.05, 3.63) is 35.1 Å². The third kappa shape index (κ3) is 1.53. The molecule has 0 aromatic heterocycles. The van der Waals surface area contributed by atoms with Crippen LogP contribution in [0, 0.1) is 11.3 Å². The van der Waals surface area contributed by atoms with Gasteiger partial charge in [-0.2, -0.15) is 0 Å². The van der Waals surface area contributed by atoms with Crippen molar-refractivity contribution in [2.75, 3.05) is 0 Å². The first-order chi connectivity index (χ1) is 12.8. The highest BCUT2D eigenvalue weighted by Gasteiger charge is 2.80. The molecule has 2 saturated carbocycles. The molecule has 0 saturated heterocycles. The molecule has 2 bridgehead atoms. The van der Waals surface area contributed by atoms with Gasteiger partial charge in [-0.1, -0.05) is 6.07 Å². The Labute approximate surface area is 156 Å². The standard InChI is InChI=1S/C21H22O6/c1-10(22)18(24)26-13-4-7-21(25)14-5-6-19(14)8-11-2-3-12(23)16-15(11)20(21,9-19)17(13)27-16/h2-4,10,14,17,22-23,25H,5-9H2,1H3/t10-,14+,17-,19?,20-,21+/m0/s1. The first-order valence-corrected chi connectivity index (χ1v) is 9.67. The zero-order valence-corrected chi connectivity index (χ0v) is 15.1. The first kappa shape index (κ1) is 16.0. The minimum atomic E-state index is -1.24. The summed E-state index contributed by atoms with van der Waals surface area (Å²) in [6.07, 6.45) is 3.95. The predicted molar refractivity (Wildman–Crippen MR) is 93.1 cm³/mol. The van der Waals surface area contributed by atoms with E-state index in [0.717, 1.165) is 36.8 Å². The number of benzene rings is 1. The fourth-order valence-corrected chi connectivity index (χ4v) is 6.95. The van der Waals surface area contributed by atoms with Crippen LogP contribution in [-0.4, -0.2) is 39.1 Å². The Bertz CT molecular complexity index is 935. The molecule has 1 aromatic rings. The van der Waals surface area contributed by atoms with Gasteiger partial charge in [0.05, 0.1) is 11.0 Å². The molecule has 6 atom stereocenters. The van der Waals surface area contributed by atoms with Crippen LogP contribution in [0.3, 0.4) is 0 Å². The van der Waals surface area contributed by atoms with E-state index in [-0.39, 0.29) is 17.1 Å². The summed E-state index contributed by atoms with van der Waals surface area (Å²) in [6.45, 7) is 1.36. The van der Waals surface area contributed by atoms with E-state index in [1.165, 1.54) is 6.92 Å². The van der Waals surface area contributed by atoms with E-state index < -0.39 is 29.2 Å². The minimum Gasteiger partial charge on any atom is -0.504 e. The van der Waals surface area contributed by atoms with Crippen LogP contribution in [0.1, 0.15) is 43.7 Å². The predicted octanol–water partition coefficient (Wildman–Crippen LogP) is 1.69. The van der Waals surface area contributed by atoms with Crippen molar-refractivity contribution in [1.82, 2.24) is 0 Å². The molecule has 0 radical (unpaired) electrons. The molecular formula is C21H22O6. The van der Waals surface area contributed by atoms with Crippen LogP contribution < -0.4 is 4.74 Å². The molecule has 2 spiro atoms. The van der Waals surface area contributed by atoms with Crippen molar-refractivity contribution in [3.8, 4) is 11.5 Å².